The van der Waals surface area contributed by atoms with Gasteiger partial charge >= 0.3 is 0 Å². The molecule has 0 aliphatic carbocycles. The van der Waals surface area contributed by atoms with Crippen molar-refractivity contribution in [2.45, 2.75) is 6.92 Å². The van der Waals surface area contributed by atoms with Crippen LogP contribution in [0, 0.1) is 6.92 Å². The summed E-state index contributed by atoms with van der Waals surface area (Å²) in [4.78, 5) is 0. The summed E-state index contributed by atoms with van der Waals surface area (Å²) in [5.74, 6) is 0.808. The first kappa shape index (κ1) is 8.16. The van der Waals surface area contributed by atoms with Gasteiger partial charge in [0.15, 0.2) is 5.65 Å². The number of pyridine rings is 1. The number of aryl methyl sites for hydroxylation is 1. The molecule has 3 heterocycles. The average molecular weight is 200 g/mol. The fourth-order valence-electron chi connectivity index (χ4n) is 1.56. The van der Waals surface area contributed by atoms with Crippen LogP contribution in [0.2, 0.25) is 0 Å². The highest BCUT2D eigenvalue weighted by Gasteiger charge is 2.06. The van der Waals surface area contributed by atoms with E-state index >= 15 is 0 Å². The average Bonchev–Trinajstić information content (AvgIpc) is 2.84. The van der Waals surface area contributed by atoms with E-state index in [1.807, 2.05) is 29.7 Å². The summed E-state index contributed by atoms with van der Waals surface area (Å²) in [6.07, 6.45) is 5.33. The SMILES string of the molecule is Cc1oncc1-c1ccc2nncn2c1. The van der Waals surface area contributed by atoms with Crippen molar-refractivity contribution in [1.82, 2.24) is 19.8 Å². The fraction of sp³-hybridized carbons (Fsp3) is 0.100. The molecular formula is C10H8N4O. The van der Waals surface area contributed by atoms with Crippen LogP contribution in [0.1, 0.15) is 5.76 Å². The second kappa shape index (κ2) is 2.91. The standard InChI is InChI=1S/C10H8N4O/c1-7-9(4-12-15-7)8-2-3-10-13-11-6-14(10)5-8/h2-6H,1H3. The maximum absolute atomic E-state index is 5.02. The molecule has 5 heteroatoms. The number of hydrogen-bond donors (Lipinski definition) is 0. The smallest absolute Gasteiger partial charge is 0.160 e. The molecule has 15 heavy (non-hydrogen) atoms. The van der Waals surface area contributed by atoms with Crippen LogP contribution in [0.15, 0.2) is 35.4 Å². The van der Waals surface area contributed by atoms with Crippen LogP contribution in [0.3, 0.4) is 0 Å². The monoisotopic (exact) mass is 200 g/mol. The first-order valence-electron chi connectivity index (χ1n) is 4.55. The Kier molecular flexibility index (Phi) is 1.58. The molecule has 0 saturated carbocycles. The zero-order valence-electron chi connectivity index (χ0n) is 8.08. The lowest BCUT2D eigenvalue weighted by molar-refractivity contribution is 0.398. The number of aromatic nitrogens is 4. The van der Waals surface area contributed by atoms with Crippen molar-refractivity contribution in [3.05, 3.63) is 36.6 Å². The van der Waals surface area contributed by atoms with Crippen LogP contribution in [-0.4, -0.2) is 19.8 Å². The first-order valence-corrected chi connectivity index (χ1v) is 4.55. The van der Waals surface area contributed by atoms with Crippen LogP contribution in [0.25, 0.3) is 16.8 Å². The lowest BCUT2D eigenvalue weighted by atomic mass is 10.1. The van der Waals surface area contributed by atoms with E-state index in [0.29, 0.717) is 0 Å². The van der Waals surface area contributed by atoms with Gasteiger partial charge in [0, 0.05) is 17.3 Å². The molecular weight excluding hydrogens is 192 g/mol. The summed E-state index contributed by atoms with van der Waals surface area (Å²) in [5, 5.41) is 11.5. The molecule has 0 N–H and O–H groups in total. The van der Waals surface area contributed by atoms with Gasteiger partial charge in [-0.25, -0.2) is 0 Å². The molecule has 74 valence electrons. The van der Waals surface area contributed by atoms with Gasteiger partial charge in [0.2, 0.25) is 0 Å². The molecule has 0 fully saturated rings. The molecule has 0 amide bonds. The van der Waals surface area contributed by atoms with Crippen LogP contribution < -0.4 is 0 Å². The Morgan fingerprint density at radius 3 is 3.07 bits per heavy atom. The summed E-state index contributed by atoms with van der Waals surface area (Å²) in [6, 6.07) is 3.89. The second-order valence-corrected chi connectivity index (χ2v) is 3.31. The normalized spacial score (nSPS) is 11.0. The Bertz CT molecular complexity index is 610. The third-order valence-electron chi connectivity index (χ3n) is 2.35. The van der Waals surface area contributed by atoms with E-state index in [0.717, 1.165) is 22.5 Å². The van der Waals surface area contributed by atoms with Gasteiger partial charge in [0.1, 0.15) is 12.1 Å². The summed E-state index contributed by atoms with van der Waals surface area (Å²) < 4.78 is 6.88. The lowest BCUT2D eigenvalue weighted by Gasteiger charge is -1.98. The van der Waals surface area contributed by atoms with Gasteiger partial charge in [0.25, 0.3) is 0 Å². The fourth-order valence-corrected chi connectivity index (χ4v) is 1.56. The summed E-state index contributed by atoms with van der Waals surface area (Å²) in [6.45, 7) is 1.89. The van der Waals surface area contributed by atoms with E-state index in [-0.39, 0.29) is 0 Å². The van der Waals surface area contributed by atoms with Crippen LogP contribution in [0.4, 0.5) is 0 Å². The maximum Gasteiger partial charge on any atom is 0.160 e. The van der Waals surface area contributed by atoms with E-state index in [1.54, 1.807) is 12.5 Å². The van der Waals surface area contributed by atoms with E-state index < -0.39 is 0 Å². The highest BCUT2D eigenvalue weighted by molar-refractivity contribution is 5.65. The van der Waals surface area contributed by atoms with Crippen LogP contribution >= 0.6 is 0 Å². The van der Waals surface area contributed by atoms with Crippen molar-refractivity contribution in [3.63, 3.8) is 0 Å². The van der Waals surface area contributed by atoms with Gasteiger partial charge in [-0.3, -0.25) is 4.40 Å². The Balaban J connectivity index is 2.23. The van der Waals surface area contributed by atoms with E-state index in [2.05, 4.69) is 15.4 Å². The molecule has 0 bridgehead atoms. The number of rotatable bonds is 1. The largest absolute Gasteiger partial charge is 0.361 e. The maximum atomic E-state index is 5.02. The first-order chi connectivity index (χ1) is 7.34. The molecule has 0 aliphatic rings. The predicted molar refractivity (Wildman–Crippen MR) is 53.2 cm³/mol. The molecule has 5 nitrogen and oxygen atoms in total. The predicted octanol–water partition coefficient (Wildman–Crippen LogP) is 1.69. The van der Waals surface area contributed by atoms with Gasteiger partial charge in [-0.2, -0.15) is 0 Å². The van der Waals surface area contributed by atoms with Gasteiger partial charge < -0.3 is 4.52 Å². The van der Waals surface area contributed by atoms with E-state index in [4.69, 9.17) is 4.52 Å². The Morgan fingerprint density at radius 2 is 2.27 bits per heavy atom. The van der Waals surface area contributed by atoms with Crippen molar-refractivity contribution in [2.75, 3.05) is 0 Å². The van der Waals surface area contributed by atoms with E-state index in [1.165, 1.54) is 0 Å². The molecule has 3 aromatic heterocycles. The molecule has 0 aromatic carbocycles. The van der Waals surface area contributed by atoms with Crippen molar-refractivity contribution < 1.29 is 4.52 Å². The topological polar surface area (TPSA) is 56.2 Å². The molecule has 3 rings (SSSR count). The van der Waals surface area contributed by atoms with Gasteiger partial charge in [-0.15, -0.1) is 10.2 Å². The molecule has 3 aromatic rings. The minimum absolute atomic E-state index is 0.808. The Hall–Kier alpha value is -2.17. The van der Waals surface area contributed by atoms with Crippen LogP contribution in [-0.2, 0) is 0 Å². The molecule has 0 aliphatic heterocycles. The minimum Gasteiger partial charge on any atom is -0.361 e. The third kappa shape index (κ3) is 1.20. The van der Waals surface area contributed by atoms with Crippen molar-refractivity contribution in [3.8, 4) is 11.1 Å². The van der Waals surface area contributed by atoms with Gasteiger partial charge in [-0.1, -0.05) is 5.16 Å². The van der Waals surface area contributed by atoms with Crippen molar-refractivity contribution in [2.24, 2.45) is 0 Å². The lowest BCUT2D eigenvalue weighted by Crippen LogP contribution is -1.85. The third-order valence-corrected chi connectivity index (χ3v) is 2.35. The van der Waals surface area contributed by atoms with E-state index in [9.17, 15) is 0 Å². The van der Waals surface area contributed by atoms with Gasteiger partial charge in [-0.05, 0) is 19.1 Å². The summed E-state index contributed by atoms with van der Waals surface area (Å²) in [5.41, 5.74) is 2.86. The molecule has 0 atom stereocenters. The molecule has 0 unspecified atom stereocenters. The van der Waals surface area contributed by atoms with Crippen molar-refractivity contribution >= 4 is 5.65 Å². The summed E-state index contributed by atoms with van der Waals surface area (Å²) >= 11 is 0. The number of nitrogens with zero attached hydrogens (tertiary/aromatic N) is 4. The Labute approximate surface area is 85.3 Å². The zero-order chi connectivity index (χ0) is 10.3. The highest BCUT2D eigenvalue weighted by Crippen LogP contribution is 2.22. The molecule has 0 spiro atoms. The van der Waals surface area contributed by atoms with Crippen LogP contribution in [0.5, 0.6) is 0 Å². The second-order valence-electron chi connectivity index (χ2n) is 3.31. The van der Waals surface area contributed by atoms with Gasteiger partial charge in [0.05, 0.1) is 6.20 Å². The van der Waals surface area contributed by atoms with Crippen molar-refractivity contribution in [1.29, 1.82) is 0 Å². The summed E-state index contributed by atoms with van der Waals surface area (Å²) in [7, 11) is 0. The molecule has 0 radical (unpaired) electrons. The number of fused-ring (bicyclic) bond motifs is 1. The number of hydrogen-bond acceptors (Lipinski definition) is 4. The minimum atomic E-state index is 0.808. The quantitative estimate of drug-likeness (QED) is 0.599. The Morgan fingerprint density at radius 1 is 1.33 bits per heavy atom. The highest BCUT2D eigenvalue weighted by atomic mass is 16.5. The molecule has 0 saturated heterocycles. The zero-order valence-corrected chi connectivity index (χ0v) is 8.08.